The van der Waals surface area contributed by atoms with Gasteiger partial charge in [0.15, 0.2) is 0 Å². The van der Waals surface area contributed by atoms with Gasteiger partial charge in [0.25, 0.3) is 11.8 Å². The fourth-order valence-corrected chi connectivity index (χ4v) is 4.55. The molecule has 0 aromatic heterocycles. The number of nitrogens with zero attached hydrogens (tertiary/aromatic N) is 1. The number of ether oxygens (including phenoxy) is 1. The number of allylic oxidation sites excluding steroid dienone is 3. The lowest BCUT2D eigenvalue weighted by Gasteiger charge is -2.26. The molecule has 1 atom stereocenters. The Morgan fingerprint density at radius 2 is 1.75 bits per heavy atom. The average molecular weight is 493 g/mol. The summed E-state index contributed by atoms with van der Waals surface area (Å²) in [4.78, 5) is 52.0. The summed E-state index contributed by atoms with van der Waals surface area (Å²) >= 11 is 0. The van der Waals surface area contributed by atoms with Crippen LogP contribution in [0.3, 0.4) is 0 Å². The van der Waals surface area contributed by atoms with Crippen molar-refractivity contribution in [1.82, 2.24) is 10.4 Å². The van der Waals surface area contributed by atoms with Gasteiger partial charge in [0.05, 0.1) is 6.10 Å². The first-order valence-electron chi connectivity index (χ1n) is 12.6. The van der Waals surface area contributed by atoms with Crippen molar-refractivity contribution in [2.24, 2.45) is 0 Å². The first-order chi connectivity index (χ1) is 17.5. The first-order valence-corrected chi connectivity index (χ1v) is 12.6. The van der Waals surface area contributed by atoms with Crippen LogP contribution in [0.15, 0.2) is 53.6 Å². The summed E-state index contributed by atoms with van der Waals surface area (Å²) < 4.78 is 6.12. The maximum absolute atomic E-state index is 12.4. The number of rotatable bonds is 10. The van der Waals surface area contributed by atoms with Crippen molar-refractivity contribution in [1.29, 1.82) is 0 Å². The van der Waals surface area contributed by atoms with E-state index in [2.05, 4.69) is 41.8 Å². The molecule has 2 aliphatic carbocycles. The number of fused-ring (bicyclic) bond motifs is 2. The van der Waals surface area contributed by atoms with Crippen molar-refractivity contribution in [3.8, 4) is 0 Å². The molecule has 1 fully saturated rings. The number of unbranched alkanes of at least 4 members (excludes halogenated alkanes) is 2. The van der Waals surface area contributed by atoms with Gasteiger partial charge in [0.1, 0.15) is 6.61 Å². The third-order valence-corrected chi connectivity index (χ3v) is 6.47. The molecule has 1 aromatic rings. The molecule has 0 bridgehead atoms. The molecule has 0 saturated carbocycles. The van der Waals surface area contributed by atoms with E-state index in [0.717, 1.165) is 24.0 Å². The summed E-state index contributed by atoms with van der Waals surface area (Å²) in [6, 6.07) is 8.25. The standard InChI is InChI=1S/C28H32N2O6/c31-25(29-17-7-1-2-12-28(34)36-30-26(32)15-16-27(30)33)19-35-24-18-22-10-4-3-8-20(22)13-14-21-9-5-6-11-23(21)24/h3-4,8-11,13-14,24H,1-2,5-7,12,15-19H2,(H,29,31)/b14-13-. The molecule has 8 heteroatoms. The van der Waals surface area contributed by atoms with Gasteiger partial charge < -0.3 is 14.9 Å². The van der Waals surface area contributed by atoms with E-state index in [0.29, 0.717) is 37.3 Å². The number of hydroxylamine groups is 2. The number of hydrogen-bond donors (Lipinski definition) is 1. The Labute approximate surface area is 211 Å². The minimum Gasteiger partial charge on any atom is -0.363 e. The highest BCUT2D eigenvalue weighted by Crippen LogP contribution is 2.30. The van der Waals surface area contributed by atoms with E-state index in [-0.39, 0.29) is 37.9 Å². The summed E-state index contributed by atoms with van der Waals surface area (Å²) in [6.45, 7) is 0.454. The lowest BCUT2D eigenvalue weighted by atomic mass is 9.86. The summed E-state index contributed by atoms with van der Waals surface area (Å²) in [6.07, 6.45) is 13.4. The number of amides is 3. The minimum atomic E-state index is -0.600. The molecule has 36 heavy (non-hydrogen) atoms. The number of hydrogen-bond acceptors (Lipinski definition) is 6. The predicted molar refractivity (Wildman–Crippen MR) is 133 cm³/mol. The van der Waals surface area contributed by atoms with Crippen LogP contribution < -0.4 is 5.32 Å². The molecular formula is C28H32N2O6. The Bertz CT molecular complexity index is 1090. The zero-order valence-electron chi connectivity index (χ0n) is 20.4. The molecule has 1 unspecified atom stereocenters. The zero-order valence-corrected chi connectivity index (χ0v) is 20.4. The summed E-state index contributed by atoms with van der Waals surface area (Å²) in [5.41, 5.74) is 4.67. The number of carbonyl (C=O) groups is 4. The Morgan fingerprint density at radius 3 is 2.58 bits per heavy atom. The second-order valence-corrected chi connectivity index (χ2v) is 9.14. The zero-order chi connectivity index (χ0) is 25.3. The largest absolute Gasteiger partial charge is 0.363 e. The topological polar surface area (TPSA) is 102 Å². The van der Waals surface area contributed by atoms with Crippen LogP contribution in [-0.2, 0) is 35.2 Å². The van der Waals surface area contributed by atoms with Crippen LogP contribution in [0.5, 0.6) is 0 Å². The van der Waals surface area contributed by atoms with Crippen LogP contribution in [0.25, 0.3) is 6.08 Å². The predicted octanol–water partition coefficient (Wildman–Crippen LogP) is 3.57. The third-order valence-electron chi connectivity index (χ3n) is 6.47. The van der Waals surface area contributed by atoms with E-state index in [1.807, 2.05) is 12.1 Å². The van der Waals surface area contributed by atoms with Crippen molar-refractivity contribution < 1.29 is 28.8 Å². The van der Waals surface area contributed by atoms with Crippen molar-refractivity contribution in [2.75, 3.05) is 13.2 Å². The van der Waals surface area contributed by atoms with E-state index < -0.39 is 17.8 Å². The molecule has 1 aliphatic heterocycles. The number of benzene rings is 1. The van der Waals surface area contributed by atoms with E-state index in [1.165, 1.54) is 11.1 Å². The quantitative estimate of drug-likeness (QED) is 0.396. The second kappa shape index (κ2) is 12.4. The van der Waals surface area contributed by atoms with Crippen LogP contribution in [0, 0.1) is 0 Å². The van der Waals surface area contributed by atoms with Crippen LogP contribution >= 0.6 is 0 Å². The van der Waals surface area contributed by atoms with Crippen LogP contribution in [-0.4, -0.2) is 48.0 Å². The van der Waals surface area contributed by atoms with Crippen LogP contribution in [0.1, 0.15) is 62.5 Å². The van der Waals surface area contributed by atoms with E-state index in [1.54, 1.807) is 0 Å². The molecule has 3 amide bonds. The molecular weight excluding hydrogens is 460 g/mol. The second-order valence-electron chi connectivity index (χ2n) is 9.14. The average Bonchev–Trinajstić information content (AvgIpc) is 3.19. The monoisotopic (exact) mass is 492 g/mol. The first kappa shape index (κ1) is 25.6. The maximum atomic E-state index is 12.4. The van der Waals surface area contributed by atoms with Crippen molar-refractivity contribution in [3.05, 3.63) is 64.8 Å². The third kappa shape index (κ3) is 6.79. The van der Waals surface area contributed by atoms with Crippen LogP contribution in [0.2, 0.25) is 0 Å². The molecule has 1 saturated heterocycles. The van der Waals surface area contributed by atoms with E-state index in [9.17, 15) is 19.2 Å². The number of imide groups is 1. The lowest BCUT2D eigenvalue weighted by molar-refractivity contribution is -0.197. The van der Waals surface area contributed by atoms with E-state index in [4.69, 9.17) is 9.57 Å². The normalized spacial score (nSPS) is 19.9. The van der Waals surface area contributed by atoms with Gasteiger partial charge in [-0.25, -0.2) is 4.79 Å². The van der Waals surface area contributed by atoms with Gasteiger partial charge in [0, 0.05) is 32.2 Å². The SMILES string of the molecule is O=C(COC1Cc2ccccc2/C=C\C2=CCCC=C21)NCCCCCC(=O)ON1C(=O)CCC1=O. The number of nitrogens with one attached hydrogen (secondary N) is 1. The fraction of sp³-hybridized carbons (Fsp3) is 0.429. The van der Waals surface area contributed by atoms with Gasteiger partial charge >= 0.3 is 5.97 Å². The Balaban J connectivity index is 1.16. The molecule has 190 valence electrons. The van der Waals surface area contributed by atoms with Gasteiger partial charge in [0.2, 0.25) is 5.91 Å². The Hall–Kier alpha value is -3.52. The van der Waals surface area contributed by atoms with Gasteiger partial charge in [-0.2, -0.15) is 0 Å². The van der Waals surface area contributed by atoms with Crippen molar-refractivity contribution in [3.63, 3.8) is 0 Å². The molecule has 8 nitrogen and oxygen atoms in total. The molecule has 3 aliphatic rings. The molecule has 1 N–H and O–H groups in total. The van der Waals surface area contributed by atoms with Gasteiger partial charge in [-0.3, -0.25) is 14.4 Å². The van der Waals surface area contributed by atoms with Gasteiger partial charge in [-0.15, -0.1) is 5.06 Å². The molecule has 0 radical (unpaired) electrons. The number of carbonyl (C=O) groups excluding carboxylic acids is 4. The molecule has 4 rings (SSSR count). The Kier molecular flexibility index (Phi) is 8.84. The fourth-order valence-electron chi connectivity index (χ4n) is 4.55. The highest BCUT2D eigenvalue weighted by atomic mass is 16.7. The maximum Gasteiger partial charge on any atom is 0.333 e. The minimum absolute atomic E-state index is 0.0224. The van der Waals surface area contributed by atoms with Gasteiger partial charge in [-0.1, -0.05) is 55.0 Å². The van der Waals surface area contributed by atoms with E-state index >= 15 is 0 Å². The lowest BCUT2D eigenvalue weighted by Crippen LogP contribution is -2.32. The van der Waals surface area contributed by atoms with Gasteiger partial charge in [-0.05, 0) is 48.0 Å². The summed E-state index contributed by atoms with van der Waals surface area (Å²) in [7, 11) is 0. The molecule has 1 aromatic carbocycles. The summed E-state index contributed by atoms with van der Waals surface area (Å²) in [5.74, 6) is -1.74. The Morgan fingerprint density at radius 1 is 0.972 bits per heavy atom. The highest BCUT2D eigenvalue weighted by Gasteiger charge is 2.32. The summed E-state index contributed by atoms with van der Waals surface area (Å²) in [5, 5.41) is 3.44. The molecule has 1 heterocycles. The highest BCUT2D eigenvalue weighted by molar-refractivity contribution is 6.01. The smallest absolute Gasteiger partial charge is 0.333 e. The molecule has 0 spiro atoms. The van der Waals surface area contributed by atoms with Crippen molar-refractivity contribution in [2.45, 2.75) is 63.9 Å². The van der Waals surface area contributed by atoms with Crippen LogP contribution in [0.4, 0.5) is 0 Å². The van der Waals surface area contributed by atoms with Crippen molar-refractivity contribution >= 4 is 29.8 Å².